The van der Waals surface area contributed by atoms with Gasteiger partial charge in [-0.05, 0) is 25.1 Å². The summed E-state index contributed by atoms with van der Waals surface area (Å²) in [6.07, 6.45) is 3.17. The van der Waals surface area contributed by atoms with Gasteiger partial charge in [0.05, 0.1) is 4.90 Å². The predicted molar refractivity (Wildman–Crippen MR) is 87.6 cm³/mol. The first-order valence-electron chi connectivity index (χ1n) is 7.84. The lowest BCUT2D eigenvalue weighted by molar-refractivity contribution is -0.127. The number of benzene rings is 1. The van der Waals surface area contributed by atoms with E-state index in [1.54, 1.807) is 24.0 Å². The Balaban J connectivity index is 1.74. The molecule has 0 spiro atoms. The third-order valence-corrected chi connectivity index (χ3v) is 5.91. The molecule has 1 saturated heterocycles. The smallest absolute Gasteiger partial charge is 0.246 e. The average molecular weight is 352 g/mol. The second kappa shape index (κ2) is 6.82. The van der Waals surface area contributed by atoms with Gasteiger partial charge in [-0.1, -0.05) is 6.08 Å². The first kappa shape index (κ1) is 16.8. The Morgan fingerprint density at radius 2 is 1.75 bits per heavy atom. The van der Waals surface area contributed by atoms with Crippen LogP contribution in [0.15, 0.2) is 35.2 Å². The maximum absolute atomic E-state index is 12.8. The van der Waals surface area contributed by atoms with Gasteiger partial charge in [-0.25, -0.2) is 8.42 Å². The molecule has 2 heterocycles. The minimum atomic E-state index is -3.62. The van der Waals surface area contributed by atoms with Crippen molar-refractivity contribution in [3.8, 4) is 11.5 Å². The lowest BCUT2D eigenvalue weighted by Crippen LogP contribution is -2.50. The summed E-state index contributed by atoms with van der Waals surface area (Å²) in [5, 5.41) is 0. The van der Waals surface area contributed by atoms with Crippen LogP contribution in [0.4, 0.5) is 0 Å². The van der Waals surface area contributed by atoms with Crippen molar-refractivity contribution in [1.82, 2.24) is 9.21 Å². The number of fused-ring (bicyclic) bond motifs is 1. The molecule has 3 rings (SSSR count). The summed E-state index contributed by atoms with van der Waals surface area (Å²) in [4.78, 5) is 13.7. The number of hydrogen-bond donors (Lipinski definition) is 0. The van der Waals surface area contributed by atoms with E-state index in [2.05, 4.69) is 0 Å². The van der Waals surface area contributed by atoms with Crippen LogP contribution < -0.4 is 9.47 Å². The van der Waals surface area contributed by atoms with Crippen molar-refractivity contribution in [2.75, 3.05) is 39.4 Å². The summed E-state index contributed by atoms with van der Waals surface area (Å²) < 4.78 is 37.8. The molecule has 24 heavy (non-hydrogen) atoms. The molecule has 0 unspecified atom stereocenters. The van der Waals surface area contributed by atoms with E-state index in [-0.39, 0.29) is 23.9 Å². The number of allylic oxidation sites excluding steroid dienone is 1. The van der Waals surface area contributed by atoms with Gasteiger partial charge in [-0.3, -0.25) is 4.79 Å². The summed E-state index contributed by atoms with van der Waals surface area (Å²) in [5.41, 5.74) is 0. The zero-order chi connectivity index (χ0) is 17.2. The van der Waals surface area contributed by atoms with E-state index in [0.717, 1.165) is 0 Å². The number of sulfonamides is 1. The highest BCUT2D eigenvalue weighted by atomic mass is 32.2. The lowest BCUT2D eigenvalue weighted by atomic mass is 10.3. The van der Waals surface area contributed by atoms with Gasteiger partial charge in [0, 0.05) is 32.2 Å². The number of piperazine rings is 1. The maximum Gasteiger partial charge on any atom is 0.246 e. The first-order valence-corrected chi connectivity index (χ1v) is 9.28. The van der Waals surface area contributed by atoms with Gasteiger partial charge in [0.1, 0.15) is 13.2 Å². The molecular formula is C16H20N2O5S. The number of carbonyl (C=O) groups is 1. The Labute approximate surface area is 141 Å². The summed E-state index contributed by atoms with van der Waals surface area (Å²) >= 11 is 0. The SMILES string of the molecule is CC=CC(=O)N1CCN(S(=O)(=O)c2ccc3c(c2)OCCO3)CC1. The van der Waals surface area contributed by atoms with Crippen LogP contribution in [0.2, 0.25) is 0 Å². The number of nitrogens with zero attached hydrogens (tertiary/aromatic N) is 2. The lowest BCUT2D eigenvalue weighted by Gasteiger charge is -2.33. The molecule has 130 valence electrons. The van der Waals surface area contributed by atoms with Gasteiger partial charge in [-0.2, -0.15) is 4.31 Å². The minimum Gasteiger partial charge on any atom is -0.486 e. The van der Waals surface area contributed by atoms with Crippen LogP contribution in [-0.4, -0.2) is 62.9 Å². The quantitative estimate of drug-likeness (QED) is 0.755. The van der Waals surface area contributed by atoms with E-state index in [9.17, 15) is 13.2 Å². The van der Waals surface area contributed by atoms with Crippen molar-refractivity contribution < 1.29 is 22.7 Å². The molecule has 0 saturated carbocycles. The van der Waals surface area contributed by atoms with Crippen molar-refractivity contribution in [2.45, 2.75) is 11.8 Å². The second-order valence-corrected chi connectivity index (χ2v) is 7.47. The van der Waals surface area contributed by atoms with E-state index >= 15 is 0 Å². The zero-order valence-electron chi connectivity index (χ0n) is 13.5. The number of hydrogen-bond acceptors (Lipinski definition) is 5. The molecule has 0 bridgehead atoms. The van der Waals surface area contributed by atoms with Gasteiger partial charge in [-0.15, -0.1) is 0 Å². The van der Waals surface area contributed by atoms with Crippen LogP contribution in [0.5, 0.6) is 11.5 Å². The van der Waals surface area contributed by atoms with E-state index in [4.69, 9.17) is 9.47 Å². The van der Waals surface area contributed by atoms with Crippen LogP contribution >= 0.6 is 0 Å². The topological polar surface area (TPSA) is 76.2 Å². The number of amides is 1. The fourth-order valence-corrected chi connectivity index (χ4v) is 4.17. The molecule has 1 amide bonds. The van der Waals surface area contributed by atoms with Crippen molar-refractivity contribution in [2.24, 2.45) is 0 Å². The average Bonchev–Trinajstić information content (AvgIpc) is 2.61. The monoisotopic (exact) mass is 352 g/mol. The third-order valence-electron chi connectivity index (χ3n) is 4.01. The molecule has 1 aromatic rings. The van der Waals surface area contributed by atoms with Crippen LogP contribution in [0.1, 0.15) is 6.92 Å². The van der Waals surface area contributed by atoms with Crippen molar-refractivity contribution in [1.29, 1.82) is 0 Å². The van der Waals surface area contributed by atoms with E-state index in [1.807, 2.05) is 0 Å². The van der Waals surface area contributed by atoms with Crippen LogP contribution in [-0.2, 0) is 14.8 Å². The highest BCUT2D eigenvalue weighted by Gasteiger charge is 2.30. The Kier molecular flexibility index (Phi) is 4.77. The summed E-state index contributed by atoms with van der Waals surface area (Å²) in [6, 6.07) is 4.65. The molecule has 7 nitrogen and oxygen atoms in total. The zero-order valence-corrected chi connectivity index (χ0v) is 14.3. The molecule has 0 N–H and O–H groups in total. The normalized spacial score (nSPS) is 18.8. The molecule has 0 aliphatic carbocycles. The fourth-order valence-electron chi connectivity index (χ4n) is 2.73. The fraction of sp³-hybridized carbons (Fsp3) is 0.438. The summed E-state index contributed by atoms with van der Waals surface area (Å²) in [6.45, 7) is 3.96. The van der Waals surface area contributed by atoms with E-state index in [0.29, 0.717) is 37.8 Å². The molecule has 2 aliphatic heterocycles. The summed E-state index contributed by atoms with van der Waals surface area (Å²) in [5.74, 6) is 0.917. The van der Waals surface area contributed by atoms with Crippen molar-refractivity contribution >= 4 is 15.9 Å². The summed E-state index contributed by atoms with van der Waals surface area (Å²) in [7, 11) is -3.62. The standard InChI is InChI=1S/C16H20N2O5S/c1-2-3-16(19)17-6-8-18(9-7-17)24(20,21)13-4-5-14-15(12-13)23-11-10-22-14/h2-5,12H,6-11H2,1H3. The van der Waals surface area contributed by atoms with E-state index < -0.39 is 10.0 Å². The van der Waals surface area contributed by atoms with E-state index in [1.165, 1.54) is 22.5 Å². The van der Waals surface area contributed by atoms with Gasteiger partial charge in [0.15, 0.2) is 11.5 Å². The largest absolute Gasteiger partial charge is 0.486 e. The number of carbonyl (C=O) groups excluding carboxylic acids is 1. The van der Waals surface area contributed by atoms with Crippen molar-refractivity contribution in [3.05, 3.63) is 30.4 Å². The highest BCUT2D eigenvalue weighted by Crippen LogP contribution is 2.33. The molecule has 2 aliphatic rings. The molecule has 1 aromatic carbocycles. The Morgan fingerprint density at radius 3 is 2.42 bits per heavy atom. The molecular weight excluding hydrogens is 332 g/mol. The first-order chi connectivity index (χ1) is 11.5. The Morgan fingerprint density at radius 1 is 1.08 bits per heavy atom. The predicted octanol–water partition coefficient (Wildman–Crippen LogP) is 0.867. The Bertz CT molecular complexity index is 752. The van der Waals surface area contributed by atoms with Crippen molar-refractivity contribution in [3.63, 3.8) is 0 Å². The van der Waals surface area contributed by atoms with Gasteiger partial charge in [0.25, 0.3) is 0 Å². The maximum atomic E-state index is 12.8. The molecule has 0 aromatic heterocycles. The van der Waals surface area contributed by atoms with Crippen LogP contribution in [0.25, 0.3) is 0 Å². The van der Waals surface area contributed by atoms with Gasteiger partial charge in [0.2, 0.25) is 15.9 Å². The third kappa shape index (κ3) is 3.25. The van der Waals surface area contributed by atoms with Gasteiger partial charge >= 0.3 is 0 Å². The van der Waals surface area contributed by atoms with Gasteiger partial charge < -0.3 is 14.4 Å². The second-order valence-electron chi connectivity index (χ2n) is 5.53. The number of ether oxygens (including phenoxy) is 2. The van der Waals surface area contributed by atoms with Crippen LogP contribution in [0, 0.1) is 0 Å². The number of rotatable bonds is 3. The van der Waals surface area contributed by atoms with Crippen LogP contribution in [0.3, 0.4) is 0 Å². The molecule has 1 fully saturated rings. The molecule has 0 atom stereocenters. The Hall–Kier alpha value is -2.06. The minimum absolute atomic E-state index is 0.0890. The molecule has 8 heteroatoms. The molecule has 0 radical (unpaired) electrons. The highest BCUT2D eigenvalue weighted by molar-refractivity contribution is 7.89.